The van der Waals surface area contributed by atoms with Gasteiger partial charge in [-0.2, -0.15) is 13.2 Å². The number of hydrogen-bond acceptors (Lipinski definition) is 1. The lowest BCUT2D eigenvalue weighted by Gasteiger charge is -2.13. The fraction of sp³-hybridized carbons (Fsp3) is 0.133. The lowest BCUT2D eigenvalue weighted by atomic mass is 10.1. The van der Waals surface area contributed by atoms with Crippen molar-refractivity contribution in [3.05, 3.63) is 65.0 Å². The molecule has 0 fully saturated rings. The average molecular weight is 297 g/mol. The molecule has 0 atom stereocenters. The highest BCUT2D eigenvalue weighted by Gasteiger charge is 2.33. The molecule has 0 radical (unpaired) electrons. The lowest BCUT2D eigenvalue weighted by molar-refractivity contribution is -0.136. The number of hydrogen-bond donors (Lipinski definition) is 1. The fourth-order valence-corrected chi connectivity index (χ4v) is 1.84. The number of para-hydroxylation sites is 1. The molecular weight excluding hydrogens is 286 g/mol. The second-order valence-electron chi connectivity index (χ2n) is 4.48. The third-order valence-corrected chi connectivity index (χ3v) is 2.85. The first-order valence-corrected chi connectivity index (χ1v) is 6.03. The van der Waals surface area contributed by atoms with E-state index in [4.69, 9.17) is 0 Å². The van der Waals surface area contributed by atoms with Gasteiger partial charge in [-0.05, 0) is 31.2 Å². The summed E-state index contributed by atoms with van der Waals surface area (Å²) in [5.41, 5.74) is -1.06. The van der Waals surface area contributed by atoms with E-state index < -0.39 is 29.2 Å². The number of amides is 1. The Morgan fingerprint density at radius 2 is 1.76 bits per heavy atom. The number of benzene rings is 2. The van der Waals surface area contributed by atoms with E-state index in [9.17, 15) is 22.4 Å². The molecule has 0 aromatic heterocycles. The SMILES string of the molecule is Cc1ccc(F)c(C(=O)Nc2ccccc2C(F)(F)F)c1. The van der Waals surface area contributed by atoms with Gasteiger partial charge in [-0.1, -0.05) is 23.8 Å². The van der Waals surface area contributed by atoms with E-state index in [1.165, 1.54) is 24.3 Å². The van der Waals surface area contributed by atoms with Gasteiger partial charge in [0.1, 0.15) is 5.82 Å². The summed E-state index contributed by atoms with van der Waals surface area (Å²) in [7, 11) is 0. The molecule has 2 aromatic carbocycles. The fourth-order valence-electron chi connectivity index (χ4n) is 1.84. The molecule has 2 aromatic rings. The minimum absolute atomic E-state index is 0.299. The summed E-state index contributed by atoms with van der Waals surface area (Å²) in [5.74, 6) is -1.71. The molecule has 0 aliphatic carbocycles. The number of carbonyl (C=O) groups is 1. The average Bonchev–Trinajstić information content (AvgIpc) is 2.41. The van der Waals surface area contributed by atoms with Crippen LogP contribution in [0.3, 0.4) is 0 Å². The highest BCUT2D eigenvalue weighted by atomic mass is 19.4. The van der Waals surface area contributed by atoms with Crippen molar-refractivity contribution in [2.75, 3.05) is 5.32 Å². The predicted molar refractivity (Wildman–Crippen MR) is 70.5 cm³/mol. The molecule has 0 heterocycles. The Bertz CT molecular complexity index is 680. The monoisotopic (exact) mass is 297 g/mol. The van der Waals surface area contributed by atoms with Gasteiger partial charge in [0, 0.05) is 0 Å². The zero-order chi connectivity index (χ0) is 15.6. The van der Waals surface area contributed by atoms with Gasteiger partial charge in [-0.25, -0.2) is 4.39 Å². The molecule has 0 spiro atoms. The third-order valence-electron chi connectivity index (χ3n) is 2.85. The quantitative estimate of drug-likeness (QED) is 0.818. The summed E-state index contributed by atoms with van der Waals surface area (Å²) < 4.78 is 52.0. The van der Waals surface area contributed by atoms with Crippen LogP contribution in [0.4, 0.5) is 23.2 Å². The van der Waals surface area contributed by atoms with Crippen LogP contribution in [-0.2, 0) is 6.18 Å². The van der Waals surface area contributed by atoms with Gasteiger partial charge in [0.25, 0.3) is 5.91 Å². The largest absolute Gasteiger partial charge is 0.418 e. The van der Waals surface area contributed by atoms with Crippen molar-refractivity contribution in [2.45, 2.75) is 13.1 Å². The minimum atomic E-state index is -4.60. The first-order chi connectivity index (χ1) is 9.79. The molecule has 6 heteroatoms. The summed E-state index contributed by atoms with van der Waals surface area (Å²) in [4.78, 5) is 11.9. The number of rotatable bonds is 2. The van der Waals surface area contributed by atoms with Crippen LogP contribution in [-0.4, -0.2) is 5.91 Å². The van der Waals surface area contributed by atoms with Gasteiger partial charge in [0.15, 0.2) is 0 Å². The second-order valence-corrected chi connectivity index (χ2v) is 4.48. The molecule has 2 nitrogen and oxygen atoms in total. The van der Waals surface area contributed by atoms with Gasteiger partial charge in [-0.3, -0.25) is 4.79 Å². The number of anilines is 1. The van der Waals surface area contributed by atoms with E-state index in [-0.39, 0.29) is 5.56 Å². The van der Waals surface area contributed by atoms with Gasteiger partial charge < -0.3 is 5.32 Å². The summed E-state index contributed by atoms with van der Waals surface area (Å²) >= 11 is 0. The number of carbonyl (C=O) groups excluding carboxylic acids is 1. The van der Waals surface area contributed by atoms with Crippen molar-refractivity contribution < 1.29 is 22.4 Å². The Balaban J connectivity index is 2.35. The van der Waals surface area contributed by atoms with Gasteiger partial charge in [0.05, 0.1) is 16.8 Å². The molecule has 1 amide bonds. The maximum absolute atomic E-state index is 13.6. The molecule has 0 saturated heterocycles. The van der Waals surface area contributed by atoms with E-state index in [1.807, 2.05) is 0 Å². The molecule has 0 aliphatic rings. The van der Waals surface area contributed by atoms with Gasteiger partial charge in [-0.15, -0.1) is 0 Å². The van der Waals surface area contributed by atoms with Gasteiger partial charge in [0.2, 0.25) is 0 Å². The van der Waals surface area contributed by atoms with Crippen molar-refractivity contribution in [3.63, 3.8) is 0 Å². The van der Waals surface area contributed by atoms with Crippen LogP contribution >= 0.6 is 0 Å². The molecule has 21 heavy (non-hydrogen) atoms. The Morgan fingerprint density at radius 3 is 2.43 bits per heavy atom. The zero-order valence-corrected chi connectivity index (χ0v) is 11.0. The normalized spacial score (nSPS) is 11.3. The highest BCUT2D eigenvalue weighted by Crippen LogP contribution is 2.34. The Morgan fingerprint density at radius 1 is 1.10 bits per heavy atom. The Kier molecular flexibility index (Phi) is 3.97. The van der Waals surface area contributed by atoms with Crippen LogP contribution in [0, 0.1) is 12.7 Å². The first kappa shape index (κ1) is 15.0. The predicted octanol–water partition coefficient (Wildman–Crippen LogP) is 4.41. The van der Waals surface area contributed by atoms with Crippen LogP contribution in [0.5, 0.6) is 0 Å². The van der Waals surface area contributed by atoms with Crippen LogP contribution in [0.25, 0.3) is 0 Å². The maximum atomic E-state index is 13.6. The van der Waals surface area contributed by atoms with Crippen molar-refractivity contribution in [2.24, 2.45) is 0 Å². The molecule has 0 saturated carbocycles. The highest BCUT2D eigenvalue weighted by molar-refractivity contribution is 6.05. The van der Waals surface area contributed by atoms with E-state index in [0.717, 1.165) is 18.2 Å². The van der Waals surface area contributed by atoms with Crippen LogP contribution in [0.2, 0.25) is 0 Å². The third kappa shape index (κ3) is 3.39. The maximum Gasteiger partial charge on any atom is 0.418 e. The molecule has 0 aliphatic heterocycles. The van der Waals surface area contributed by atoms with Gasteiger partial charge >= 0.3 is 6.18 Å². The Hall–Kier alpha value is -2.37. The van der Waals surface area contributed by atoms with Crippen LogP contribution in [0.15, 0.2) is 42.5 Å². The summed E-state index contributed by atoms with van der Waals surface area (Å²) in [5, 5.41) is 2.10. The standard InChI is InChI=1S/C15H11F4NO/c1-9-6-7-12(16)10(8-9)14(21)20-13-5-3-2-4-11(13)15(17,18)19/h2-8H,1H3,(H,20,21). The first-order valence-electron chi connectivity index (χ1n) is 6.03. The van der Waals surface area contributed by atoms with Crippen molar-refractivity contribution in [1.82, 2.24) is 0 Å². The molecule has 0 bridgehead atoms. The summed E-state index contributed by atoms with van der Waals surface area (Å²) in [6, 6.07) is 8.39. The van der Waals surface area contributed by atoms with Crippen LogP contribution < -0.4 is 5.32 Å². The molecular formula is C15H11F4NO. The number of nitrogens with one attached hydrogen (secondary N) is 1. The summed E-state index contributed by atoms with van der Waals surface area (Å²) in [6.45, 7) is 1.65. The second kappa shape index (κ2) is 5.55. The van der Waals surface area contributed by atoms with E-state index >= 15 is 0 Å². The number of alkyl halides is 3. The molecule has 110 valence electrons. The van der Waals surface area contributed by atoms with E-state index in [1.54, 1.807) is 6.92 Å². The molecule has 1 N–H and O–H groups in total. The Labute approximate surface area is 118 Å². The minimum Gasteiger partial charge on any atom is -0.321 e. The van der Waals surface area contributed by atoms with Crippen molar-refractivity contribution in [3.8, 4) is 0 Å². The number of aryl methyl sites for hydroxylation is 1. The van der Waals surface area contributed by atoms with E-state index in [2.05, 4.69) is 5.32 Å². The zero-order valence-electron chi connectivity index (χ0n) is 11.0. The van der Waals surface area contributed by atoms with Crippen molar-refractivity contribution >= 4 is 11.6 Å². The molecule has 0 unspecified atom stereocenters. The topological polar surface area (TPSA) is 29.1 Å². The summed E-state index contributed by atoms with van der Waals surface area (Å²) in [6.07, 6.45) is -4.60. The number of halogens is 4. The molecule has 2 rings (SSSR count). The smallest absolute Gasteiger partial charge is 0.321 e. The van der Waals surface area contributed by atoms with Crippen LogP contribution in [0.1, 0.15) is 21.5 Å². The van der Waals surface area contributed by atoms with Crippen molar-refractivity contribution in [1.29, 1.82) is 0 Å². The lowest BCUT2D eigenvalue weighted by Crippen LogP contribution is -2.17. The van der Waals surface area contributed by atoms with E-state index in [0.29, 0.717) is 5.56 Å².